The molecule has 0 bridgehead atoms. The molecule has 4 amide bonds. The van der Waals surface area contributed by atoms with Crippen LogP contribution in [0.2, 0.25) is 0 Å². The van der Waals surface area contributed by atoms with Gasteiger partial charge in [0.1, 0.15) is 6.04 Å². The average Bonchev–Trinajstić information content (AvgIpc) is 3.35. The molecule has 2 aromatic carbocycles. The first kappa shape index (κ1) is 22.6. The molecular weight excluding hydrogens is 416 g/mol. The Bertz CT molecular complexity index is 1120. The Balaban J connectivity index is 1.21. The normalized spacial score (nSPS) is 16.8. The van der Waals surface area contributed by atoms with Gasteiger partial charge in [-0.1, -0.05) is 48.5 Å². The molecule has 7 nitrogen and oxygen atoms in total. The summed E-state index contributed by atoms with van der Waals surface area (Å²) in [6.07, 6.45) is 4.73. The van der Waals surface area contributed by atoms with Gasteiger partial charge in [-0.05, 0) is 49.8 Å². The van der Waals surface area contributed by atoms with Gasteiger partial charge < -0.3 is 15.6 Å². The van der Waals surface area contributed by atoms with Crippen LogP contribution in [-0.4, -0.2) is 46.4 Å². The number of carbonyl (C=O) groups is 3. The zero-order valence-electron chi connectivity index (χ0n) is 18.8. The molecule has 4 rings (SSSR count). The molecule has 33 heavy (non-hydrogen) atoms. The molecule has 1 aliphatic rings. The number of aromatic amines is 1. The largest absolute Gasteiger partial charge is 0.361 e. The van der Waals surface area contributed by atoms with E-state index < -0.39 is 6.04 Å². The van der Waals surface area contributed by atoms with Gasteiger partial charge in [-0.25, -0.2) is 4.79 Å². The van der Waals surface area contributed by atoms with E-state index >= 15 is 0 Å². The van der Waals surface area contributed by atoms with E-state index in [0.717, 1.165) is 29.3 Å². The Morgan fingerprint density at radius 3 is 2.64 bits per heavy atom. The number of carbonyl (C=O) groups excluding carboxylic acids is 3. The van der Waals surface area contributed by atoms with Gasteiger partial charge in [0.05, 0.1) is 0 Å². The lowest BCUT2D eigenvalue weighted by Gasteiger charge is -2.15. The zero-order valence-corrected chi connectivity index (χ0v) is 18.8. The van der Waals surface area contributed by atoms with Crippen molar-refractivity contribution in [3.8, 4) is 0 Å². The number of aryl methyl sites for hydroxylation is 1. The number of benzene rings is 2. The van der Waals surface area contributed by atoms with Crippen LogP contribution < -0.4 is 10.6 Å². The van der Waals surface area contributed by atoms with E-state index in [9.17, 15) is 14.4 Å². The monoisotopic (exact) mass is 446 g/mol. The van der Waals surface area contributed by atoms with E-state index in [1.807, 2.05) is 55.6 Å². The summed E-state index contributed by atoms with van der Waals surface area (Å²) in [6.45, 7) is 2.29. The van der Waals surface area contributed by atoms with Crippen LogP contribution in [0.1, 0.15) is 37.3 Å². The predicted molar refractivity (Wildman–Crippen MR) is 128 cm³/mol. The van der Waals surface area contributed by atoms with E-state index in [-0.39, 0.29) is 30.3 Å². The summed E-state index contributed by atoms with van der Waals surface area (Å²) in [5.74, 6) is -0.361. The third-order valence-electron chi connectivity index (χ3n) is 6.16. The van der Waals surface area contributed by atoms with Crippen molar-refractivity contribution in [3.05, 3.63) is 71.9 Å². The van der Waals surface area contributed by atoms with Crippen LogP contribution in [0.25, 0.3) is 10.9 Å². The summed E-state index contributed by atoms with van der Waals surface area (Å²) in [6, 6.07) is 17.1. The Labute approximate surface area is 193 Å². The van der Waals surface area contributed by atoms with Gasteiger partial charge in [0.2, 0.25) is 5.91 Å². The summed E-state index contributed by atoms with van der Waals surface area (Å²) in [4.78, 5) is 41.9. The van der Waals surface area contributed by atoms with Crippen molar-refractivity contribution < 1.29 is 14.4 Å². The first-order chi connectivity index (χ1) is 16.0. The summed E-state index contributed by atoms with van der Waals surface area (Å²) < 4.78 is 0. The second kappa shape index (κ2) is 10.3. The second-order valence-electron chi connectivity index (χ2n) is 8.63. The Morgan fingerprint density at radius 2 is 1.82 bits per heavy atom. The first-order valence-corrected chi connectivity index (χ1v) is 11.5. The highest BCUT2D eigenvalue weighted by molar-refractivity contribution is 6.04. The van der Waals surface area contributed by atoms with Crippen molar-refractivity contribution >= 4 is 28.7 Å². The van der Waals surface area contributed by atoms with Crippen molar-refractivity contribution in [2.24, 2.45) is 0 Å². The molecule has 1 fully saturated rings. The van der Waals surface area contributed by atoms with E-state index in [1.165, 1.54) is 10.5 Å². The molecule has 1 aromatic heterocycles. The first-order valence-electron chi connectivity index (χ1n) is 11.5. The Kier molecular flexibility index (Phi) is 7.07. The van der Waals surface area contributed by atoms with Gasteiger partial charge in [-0.2, -0.15) is 0 Å². The number of imide groups is 1. The van der Waals surface area contributed by atoms with Crippen molar-refractivity contribution in [1.29, 1.82) is 0 Å². The number of urea groups is 1. The zero-order chi connectivity index (χ0) is 23.2. The molecule has 0 saturated carbocycles. The predicted octanol–water partition coefficient (Wildman–Crippen LogP) is 3.55. The number of para-hydroxylation sites is 1. The number of nitrogens with zero attached hydrogens (tertiary/aromatic N) is 1. The van der Waals surface area contributed by atoms with E-state index in [0.29, 0.717) is 19.4 Å². The van der Waals surface area contributed by atoms with Gasteiger partial charge in [0.25, 0.3) is 5.91 Å². The number of H-pyrrole nitrogens is 1. The molecule has 1 aliphatic heterocycles. The standard InChI is InChI=1S/C26H30N4O3/c1-18(11-12-19-7-3-2-4-8-19)28-24(31)14-13-23-25(32)30(26(33)29-23)16-15-20-17-27-22-10-6-5-9-21(20)22/h2-10,17-18,23,27H,11-16H2,1H3,(H,28,31)(H,29,33)/t18-,23+/m0/s1. The number of hydrogen-bond acceptors (Lipinski definition) is 3. The van der Waals surface area contributed by atoms with Crippen molar-refractivity contribution in [2.75, 3.05) is 6.54 Å². The number of amides is 4. The third kappa shape index (κ3) is 5.61. The quantitative estimate of drug-likeness (QED) is 0.416. The molecular formula is C26H30N4O3. The Morgan fingerprint density at radius 1 is 1.06 bits per heavy atom. The van der Waals surface area contributed by atoms with Crippen LogP contribution in [0.4, 0.5) is 4.79 Å². The highest BCUT2D eigenvalue weighted by Crippen LogP contribution is 2.19. The second-order valence-corrected chi connectivity index (χ2v) is 8.63. The summed E-state index contributed by atoms with van der Waals surface area (Å²) >= 11 is 0. The fraction of sp³-hybridized carbons (Fsp3) is 0.346. The smallest absolute Gasteiger partial charge is 0.324 e. The topological polar surface area (TPSA) is 94.3 Å². The summed E-state index contributed by atoms with van der Waals surface area (Å²) in [7, 11) is 0. The fourth-order valence-corrected chi connectivity index (χ4v) is 4.28. The van der Waals surface area contributed by atoms with Crippen LogP contribution in [0, 0.1) is 0 Å². The molecule has 2 heterocycles. The lowest BCUT2D eigenvalue weighted by molar-refractivity contribution is -0.127. The van der Waals surface area contributed by atoms with Gasteiger partial charge in [0, 0.05) is 36.1 Å². The summed E-state index contributed by atoms with van der Waals surface area (Å²) in [5, 5.41) is 6.81. The fourth-order valence-electron chi connectivity index (χ4n) is 4.28. The lowest BCUT2D eigenvalue weighted by Crippen LogP contribution is -2.36. The molecule has 7 heteroatoms. The highest BCUT2D eigenvalue weighted by Gasteiger charge is 2.37. The van der Waals surface area contributed by atoms with E-state index in [1.54, 1.807) is 0 Å². The van der Waals surface area contributed by atoms with Crippen molar-refractivity contribution in [2.45, 2.75) is 51.1 Å². The SMILES string of the molecule is C[C@@H](CCc1ccccc1)NC(=O)CC[C@H]1NC(=O)N(CCc2c[nH]c3ccccc23)C1=O. The highest BCUT2D eigenvalue weighted by atomic mass is 16.2. The minimum atomic E-state index is -0.647. The van der Waals surface area contributed by atoms with Crippen molar-refractivity contribution in [1.82, 2.24) is 20.5 Å². The van der Waals surface area contributed by atoms with Crippen LogP contribution >= 0.6 is 0 Å². The van der Waals surface area contributed by atoms with Gasteiger partial charge in [-0.15, -0.1) is 0 Å². The minimum absolute atomic E-state index is 0.0410. The molecule has 172 valence electrons. The van der Waals surface area contributed by atoms with Gasteiger partial charge in [0.15, 0.2) is 0 Å². The maximum Gasteiger partial charge on any atom is 0.324 e. The maximum atomic E-state index is 12.7. The van der Waals surface area contributed by atoms with E-state index in [2.05, 4.69) is 27.8 Å². The molecule has 0 aliphatic carbocycles. The molecule has 2 atom stereocenters. The number of fused-ring (bicyclic) bond motifs is 1. The third-order valence-corrected chi connectivity index (χ3v) is 6.16. The Hall–Kier alpha value is -3.61. The molecule has 3 N–H and O–H groups in total. The minimum Gasteiger partial charge on any atom is -0.361 e. The molecule has 3 aromatic rings. The maximum absolute atomic E-state index is 12.7. The number of hydrogen-bond donors (Lipinski definition) is 3. The molecule has 1 saturated heterocycles. The average molecular weight is 447 g/mol. The summed E-state index contributed by atoms with van der Waals surface area (Å²) in [5.41, 5.74) is 3.34. The van der Waals surface area contributed by atoms with Gasteiger partial charge >= 0.3 is 6.03 Å². The number of nitrogens with one attached hydrogen (secondary N) is 3. The van der Waals surface area contributed by atoms with Crippen LogP contribution in [-0.2, 0) is 22.4 Å². The van der Waals surface area contributed by atoms with Crippen LogP contribution in [0.15, 0.2) is 60.8 Å². The van der Waals surface area contributed by atoms with Crippen LogP contribution in [0.5, 0.6) is 0 Å². The number of rotatable bonds is 10. The van der Waals surface area contributed by atoms with Gasteiger partial charge in [-0.3, -0.25) is 14.5 Å². The number of aromatic nitrogens is 1. The van der Waals surface area contributed by atoms with E-state index in [4.69, 9.17) is 0 Å². The molecule has 0 spiro atoms. The van der Waals surface area contributed by atoms with Crippen molar-refractivity contribution in [3.63, 3.8) is 0 Å². The molecule has 0 radical (unpaired) electrons. The lowest BCUT2D eigenvalue weighted by atomic mass is 10.1. The van der Waals surface area contributed by atoms with Crippen LogP contribution in [0.3, 0.4) is 0 Å². The molecule has 0 unspecified atom stereocenters.